The van der Waals surface area contributed by atoms with Gasteiger partial charge < -0.3 is 4.74 Å². The number of hydrogen-bond acceptors (Lipinski definition) is 5. The summed E-state index contributed by atoms with van der Waals surface area (Å²) in [6, 6.07) is 11.6. The normalized spacial score (nSPS) is 12.3. The van der Waals surface area contributed by atoms with E-state index in [9.17, 15) is 26.4 Å². The Balaban J connectivity index is 2.00. The fourth-order valence-corrected chi connectivity index (χ4v) is 3.52. The standard InChI is InChI=1S/C22H20F3N3O4S/c1-32-21(29)4-2-3-13-22(24,25)20-14-19(15-5-7-16(23)8-6-15)28(27-20)17-9-11-18(12-10-17)33(26,30)31/h2,4-12,14H,3,13H2,1H3,(H2,26,30,31)/b4-2+. The van der Waals surface area contributed by atoms with Crippen LogP contribution in [0.4, 0.5) is 13.2 Å². The highest BCUT2D eigenvalue weighted by atomic mass is 32.2. The molecule has 3 rings (SSSR count). The Labute approximate surface area is 188 Å². The van der Waals surface area contributed by atoms with Gasteiger partial charge in [-0.2, -0.15) is 13.9 Å². The average Bonchev–Trinajstić information content (AvgIpc) is 3.23. The first-order chi connectivity index (χ1) is 15.5. The quantitative estimate of drug-likeness (QED) is 0.390. The number of aromatic nitrogens is 2. The second-order valence-electron chi connectivity index (χ2n) is 7.04. The lowest BCUT2D eigenvalue weighted by Crippen LogP contribution is -2.14. The molecule has 33 heavy (non-hydrogen) atoms. The summed E-state index contributed by atoms with van der Waals surface area (Å²) >= 11 is 0. The largest absolute Gasteiger partial charge is 0.466 e. The van der Waals surface area contributed by atoms with E-state index >= 15 is 0 Å². The van der Waals surface area contributed by atoms with E-state index in [1.165, 1.54) is 72.5 Å². The van der Waals surface area contributed by atoms with Crippen molar-refractivity contribution in [3.05, 3.63) is 78.3 Å². The third kappa shape index (κ3) is 5.88. The summed E-state index contributed by atoms with van der Waals surface area (Å²) in [5.74, 6) is -4.49. The molecule has 0 amide bonds. The number of esters is 1. The lowest BCUT2D eigenvalue weighted by atomic mass is 10.1. The zero-order valence-corrected chi connectivity index (χ0v) is 18.2. The lowest BCUT2D eigenvalue weighted by Gasteiger charge is -2.12. The summed E-state index contributed by atoms with van der Waals surface area (Å²) in [5, 5.41) is 9.16. The van der Waals surface area contributed by atoms with Crippen molar-refractivity contribution < 1.29 is 31.1 Å². The van der Waals surface area contributed by atoms with E-state index in [1.807, 2.05) is 0 Å². The maximum absolute atomic E-state index is 14.9. The summed E-state index contributed by atoms with van der Waals surface area (Å²) in [7, 11) is -2.76. The second-order valence-corrected chi connectivity index (χ2v) is 8.60. The van der Waals surface area contributed by atoms with Crippen LogP contribution in [-0.2, 0) is 25.5 Å². The van der Waals surface area contributed by atoms with Gasteiger partial charge in [-0.15, -0.1) is 0 Å². The van der Waals surface area contributed by atoms with Gasteiger partial charge in [-0.05, 0) is 61.0 Å². The van der Waals surface area contributed by atoms with Crippen molar-refractivity contribution in [1.29, 1.82) is 0 Å². The molecular weight excluding hydrogens is 459 g/mol. The molecule has 0 aliphatic rings. The van der Waals surface area contributed by atoms with Crippen LogP contribution in [0.2, 0.25) is 0 Å². The van der Waals surface area contributed by atoms with Crippen molar-refractivity contribution in [3.63, 3.8) is 0 Å². The Bertz CT molecular complexity index is 1270. The van der Waals surface area contributed by atoms with Crippen molar-refractivity contribution in [2.75, 3.05) is 7.11 Å². The number of methoxy groups -OCH3 is 1. The molecule has 1 heterocycles. The van der Waals surface area contributed by atoms with Crippen LogP contribution >= 0.6 is 0 Å². The van der Waals surface area contributed by atoms with Gasteiger partial charge in [0, 0.05) is 18.1 Å². The van der Waals surface area contributed by atoms with Crippen LogP contribution in [0.25, 0.3) is 16.9 Å². The maximum atomic E-state index is 14.9. The van der Waals surface area contributed by atoms with Crippen molar-refractivity contribution in [3.8, 4) is 16.9 Å². The molecule has 2 aromatic carbocycles. The first-order valence-corrected chi connectivity index (χ1v) is 11.2. The molecule has 0 aliphatic carbocycles. The molecule has 11 heteroatoms. The van der Waals surface area contributed by atoms with Gasteiger partial charge in [0.05, 0.1) is 23.4 Å². The van der Waals surface area contributed by atoms with E-state index in [4.69, 9.17) is 5.14 Å². The van der Waals surface area contributed by atoms with Crippen LogP contribution in [-0.4, -0.2) is 31.3 Å². The third-order valence-corrected chi connectivity index (χ3v) is 5.64. The van der Waals surface area contributed by atoms with Crippen molar-refractivity contribution in [2.45, 2.75) is 23.7 Å². The van der Waals surface area contributed by atoms with Crippen LogP contribution in [0, 0.1) is 5.82 Å². The number of nitrogens with zero attached hydrogens (tertiary/aromatic N) is 2. The second kappa shape index (κ2) is 9.59. The number of hydrogen-bond donors (Lipinski definition) is 1. The number of nitrogens with two attached hydrogens (primary N) is 1. The molecule has 174 valence electrons. The minimum Gasteiger partial charge on any atom is -0.466 e. The first kappa shape index (κ1) is 24.2. The van der Waals surface area contributed by atoms with Gasteiger partial charge in [0.15, 0.2) is 0 Å². The Kier molecular flexibility index (Phi) is 7.04. The van der Waals surface area contributed by atoms with Crippen LogP contribution in [0.1, 0.15) is 18.5 Å². The number of carbonyl (C=O) groups excluding carboxylic acids is 1. The number of primary sulfonamides is 1. The predicted octanol–water partition coefficient (Wildman–Crippen LogP) is 3.93. The molecule has 7 nitrogen and oxygen atoms in total. The Morgan fingerprint density at radius 1 is 1.15 bits per heavy atom. The number of rotatable bonds is 8. The molecule has 0 bridgehead atoms. The van der Waals surface area contributed by atoms with Crippen LogP contribution in [0.15, 0.2) is 71.6 Å². The zero-order chi connectivity index (χ0) is 24.2. The van der Waals surface area contributed by atoms with Crippen LogP contribution in [0.5, 0.6) is 0 Å². The van der Waals surface area contributed by atoms with Gasteiger partial charge in [-0.25, -0.2) is 27.4 Å². The van der Waals surface area contributed by atoms with Gasteiger partial charge in [0.2, 0.25) is 10.0 Å². The summed E-state index contributed by atoms with van der Waals surface area (Å²) in [4.78, 5) is 10.9. The van der Waals surface area contributed by atoms with E-state index in [1.54, 1.807) is 0 Å². The molecule has 0 fully saturated rings. The first-order valence-electron chi connectivity index (χ1n) is 9.63. The molecule has 0 unspecified atom stereocenters. The number of carbonyl (C=O) groups is 1. The fourth-order valence-electron chi connectivity index (χ4n) is 3.00. The molecule has 1 aromatic heterocycles. The highest BCUT2D eigenvalue weighted by molar-refractivity contribution is 7.89. The molecule has 2 N–H and O–H groups in total. The highest BCUT2D eigenvalue weighted by Crippen LogP contribution is 2.36. The number of allylic oxidation sites excluding steroid dienone is 1. The van der Waals surface area contributed by atoms with Crippen molar-refractivity contribution in [1.82, 2.24) is 9.78 Å². The molecular formula is C22H20F3N3O4S. The number of benzene rings is 2. The van der Waals surface area contributed by atoms with Gasteiger partial charge in [0.1, 0.15) is 11.5 Å². The molecule has 3 aromatic rings. The monoisotopic (exact) mass is 479 g/mol. The Morgan fingerprint density at radius 3 is 2.36 bits per heavy atom. The third-order valence-electron chi connectivity index (χ3n) is 4.71. The molecule has 0 spiro atoms. The Morgan fingerprint density at radius 2 is 1.79 bits per heavy atom. The number of halogens is 3. The van der Waals surface area contributed by atoms with E-state index in [-0.39, 0.29) is 17.0 Å². The van der Waals surface area contributed by atoms with Crippen LogP contribution < -0.4 is 5.14 Å². The summed E-state index contributed by atoms with van der Waals surface area (Å²) in [5.41, 5.74) is 0.434. The van der Waals surface area contributed by atoms with Crippen molar-refractivity contribution in [2.24, 2.45) is 5.14 Å². The minimum atomic E-state index is -3.94. The van der Waals surface area contributed by atoms with Crippen LogP contribution in [0.3, 0.4) is 0 Å². The Hall–Kier alpha value is -3.44. The molecule has 0 saturated heterocycles. The number of sulfonamides is 1. The SMILES string of the molecule is COC(=O)/C=C/CCC(F)(F)c1cc(-c2ccc(F)cc2)n(-c2ccc(S(N)(=O)=O)cc2)n1. The van der Waals surface area contributed by atoms with Gasteiger partial charge in [-0.1, -0.05) is 6.08 Å². The highest BCUT2D eigenvalue weighted by Gasteiger charge is 2.35. The summed E-state index contributed by atoms with van der Waals surface area (Å²) in [6.45, 7) is 0. The summed E-state index contributed by atoms with van der Waals surface area (Å²) in [6.07, 6.45) is 1.61. The molecule has 0 aliphatic heterocycles. The van der Waals surface area contributed by atoms with Gasteiger partial charge in [-0.3, -0.25) is 0 Å². The van der Waals surface area contributed by atoms with E-state index < -0.39 is 39.8 Å². The smallest absolute Gasteiger partial charge is 0.330 e. The van der Waals surface area contributed by atoms with E-state index in [2.05, 4.69) is 9.84 Å². The molecule has 0 saturated carbocycles. The average molecular weight is 479 g/mol. The van der Waals surface area contributed by atoms with E-state index in [0.29, 0.717) is 11.3 Å². The number of ether oxygens (including phenoxy) is 1. The van der Waals surface area contributed by atoms with Crippen molar-refractivity contribution >= 4 is 16.0 Å². The summed E-state index contributed by atoms with van der Waals surface area (Å²) < 4.78 is 71.8. The fraction of sp³-hybridized carbons (Fsp3) is 0.182. The topological polar surface area (TPSA) is 104 Å². The van der Waals surface area contributed by atoms with Gasteiger partial charge >= 0.3 is 5.97 Å². The zero-order valence-electron chi connectivity index (χ0n) is 17.4. The predicted molar refractivity (Wildman–Crippen MR) is 115 cm³/mol. The van der Waals surface area contributed by atoms with E-state index in [0.717, 1.165) is 6.08 Å². The molecule has 0 atom stereocenters. The van der Waals surface area contributed by atoms with Gasteiger partial charge in [0.25, 0.3) is 5.92 Å². The number of alkyl halides is 2. The molecule has 0 radical (unpaired) electrons. The maximum Gasteiger partial charge on any atom is 0.330 e. The lowest BCUT2D eigenvalue weighted by molar-refractivity contribution is -0.134. The minimum absolute atomic E-state index is 0.107.